The first-order valence-corrected chi connectivity index (χ1v) is 8.66. The SMILES string of the molecule is COc1ccc(N2C(=O)S/C(=C3\C(=O)N(C)c4ccccc43)C2=O)cc1. The Morgan fingerprint density at radius 2 is 1.62 bits per heavy atom. The number of amides is 3. The number of anilines is 2. The summed E-state index contributed by atoms with van der Waals surface area (Å²) in [6.07, 6.45) is 0. The van der Waals surface area contributed by atoms with Crippen LogP contribution in [0.25, 0.3) is 5.57 Å². The first-order chi connectivity index (χ1) is 12.5. The fourth-order valence-corrected chi connectivity index (χ4v) is 3.99. The smallest absolute Gasteiger partial charge is 0.298 e. The number of para-hydroxylation sites is 1. The Balaban J connectivity index is 1.80. The predicted molar refractivity (Wildman–Crippen MR) is 100 cm³/mol. The minimum atomic E-state index is -0.487. The number of hydrogen-bond acceptors (Lipinski definition) is 5. The van der Waals surface area contributed by atoms with E-state index in [4.69, 9.17) is 4.74 Å². The van der Waals surface area contributed by atoms with Crippen molar-refractivity contribution in [2.75, 3.05) is 24.0 Å². The Labute approximate surface area is 154 Å². The minimum Gasteiger partial charge on any atom is -0.497 e. The molecule has 1 saturated heterocycles. The van der Waals surface area contributed by atoms with E-state index in [0.29, 0.717) is 17.0 Å². The van der Waals surface area contributed by atoms with E-state index in [1.165, 1.54) is 4.90 Å². The average Bonchev–Trinajstić information content (AvgIpc) is 3.09. The van der Waals surface area contributed by atoms with Gasteiger partial charge in [0.05, 0.1) is 29.0 Å². The van der Waals surface area contributed by atoms with Crippen LogP contribution >= 0.6 is 11.8 Å². The van der Waals surface area contributed by atoms with Gasteiger partial charge in [0.1, 0.15) is 5.75 Å². The Bertz CT molecular complexity index is 981. The van der Waals surface area contributed by atoms with Crippen molar-refractivity contribution >= 4 is 45.8 Å². The molecule has 1 fully saturated rings. The van der Waals surface area contributed by atoms with E-state index in [0.717, 1.165) is 22.3 Å². The van der Waals surface area contributed by atoms with E-state index in [9.17, 15) is 14.4 Å². The first kappa shape index (κ1) is 16.4. The molecule has 2 heterocycles. The van der Waals surface area contributed by atoms with Crippen LogP contribution in [0, 0.1) is 0 Å². The maximum absolute atomic E-state index is 12.9. The molecule has 2 aromatic rings. The summed E-state index contributed by atoms with van der Waals surface area (Å²) in [5, 5.41) is -0.428. The van der Waals surface area contributed by atoms with Gasteiger partial charge in [-0.25, -0.2) is 4.90 Å². The van der Waals surface area contributed by atoms with Gasteiger partial charge in [-0.05, 0) is 42.1 Å². The molecule has 0 N–H and O–H groups in total. The monoisotopic (exact) mass is 366 g/mol. The number of rotatable bonds is 2. The third-order valence-electron chi connectivity index (χ3n) is 4.38. The number of hydrogen-bond donors (Lipinski definition) is 0. The van der Waals surface area contributed by atoms with E-state index >= 15 is 0 Å². The largest absolute Gasteiger partial charge is 0.497 e. The second-order valence-electron chi connectivity index (χ2n) is 5.79. The molecule has 2 aliphatic heterocycles. The Morgan fingerprint density at radius 1 is 0.923 bits per heavy atom. The maximum atomic E-state index is 12.9. The van der Waals surface area contributed by atoms with Crippen molar-refractivity contribution in [2.24, 2.45) is 0 Å². The molecule has 26 heavy (non-hydrogen) atoms. The first-order valence-electron chi connectivity index (χ1n) is 7.85. The molecule has 0 saturated carbocycles. The summed E-state index contributed by atoms with van der Waals surface area (Å²) in [6.45, 7) is 0. The highest BCUT2D eigenvalue weighted by Gasteiger charge is 2.43. The molecule has 2 aromatic carbocycles. The minimum absolute atomic E-state index is 0.160. The molecule has 0 spiro atoms. The molecule has 2 aliphatic rings. The fourth-order valence-electron chi connectivity index (χ4n) is 3.06. The van der Waals surface area contributed by atoms with Crippen molar-refractivity contribution in [1.82, 2.24) is 0 Å². The third kappa shape index (κ3) is 2.32. The van der Waals surface area contributed by atoms with Gasteiger partial charge in [0.25, 0.3) is 17.1 Å². The Hall–Kier alpha value is -3.06. The van der Waals surface area contributed by atoms with Gasteiger partial charge in [-0.1, -0.05) is 18.2 Å². The molecule has 130 valence electrons. The molecule has 0 aromatic heterocycles. The molecule has 0 bridgehead atoms. The predicted octanol–water partition coefficient (Wildman–Crippen LogP) is 3.28. The highest BCUT2D eigenvalue weighted by atomic mass is 32.2. The summed E-state index contributed by atoms with van der Waals surface area (Å²) in [6, 6.07) is 13.9. The van der Waals surface area contributed by atoms with Crippen LogP contribution in [0.5, 0.6) is 5.75 Å². The lowest BCUT2D eigenvalue weighted by molar-refractivity contribution is -0.115. The fraction of sp³-hybridized carbons (Fsp3) is 0.105. The van der Waals surface area contributed by atoms with Crippen molar-refractivity contribution in [3.05, 3.63) is 59.0 Å². The number of nitrogens with zero attached hydrogens (tertiary/aromatic N) is 2. The van der Waals surface area contributed by atoms with Gasteiger partial charge in [0.2, 0.25) is 0 Å². The van der Waals surface area contributed by atoms with E-state index in [1.54, 1.807) is 50.6 Å². The van der Waals surface area contributed by atoms with Gasteiger partial charge in [0.15, 0.2) is 0 Å². The van der Waals surface area contributed by atoms with Gasteiger partial charge in [-0.2, -0.15) is 0 Å². The molecule has 0 aliphatic carbocycles. The number of fused-ring (bicyclic) bond motifs is 1. The van der Waals surface area contributed by atoms with Crippen molar-refractivity contribution < 1.29 is 19.1 Å². The van der Waals surface area contributed by atoms with E-state index in [1.807, 2.05) is 12.1 Å². The van der Waals surface area contributed by atoms with Crippen LogP contribution in [0.2, 0.25) is 0 Å². The highest BCUT2D eigenvalue weighted by Crippen LogP contribution is 2.44. The maximum Gasteiger partial charge on any atom is 0.298 e. The summed E-state index contributed by atoms with van der Waals surface area (Å²) in [7, 11) is 3.20. The van der Waals surface area contributed by atoms with Crippen LogP contribution in [-0.2, 0) is 9.59 Å². The van der Waals surface area contributed by atoms with E-state index < -0.39 is 11.1 Å². The Morgan fingerprint density at radius 3 is 2.31 bits per heavy atom. The van der Waals surface area contributed by atoms with Gasteiger partial charge < -0.3 is 9.64 Å². The van der Waals surface area contributed by atoms with Crippen LogP contribution < -0.4 is 14.5 Å². The van der Waals surface area contributed by atoms with Crippen LogP contribution in [0.3, 0.4) is 0 Å². The average molecular weight is 366 g/mol. The zero-order valence-corrected chi connectivity index (χ0v) is 14.9. The number of thioether (sulfide) groups is 1. The molecule has 0 radical (unpaired) electrons. The molecule has 0 unspecified atom stereocenters. The van der Waals surface area contributed by atoms with Crippen LogP contribution in [0.15, 0.2) is 53.4 Å². The molecular weight excluding hydrogens is 352 g/mol. The van der Waals surface area contributed by atoms with E-state index in [2.05, 4.69) is 0 Å². The zero-order valence-electron chi connectivity index (χ0n) is 14.1. The third-order valence-corrected chi connectivity index (χ3v) is 5.32. The number of likely N-dealkylation sites (N-methyl/N-ethyl adjacent to an activating group) is 1. The van der Waals surface area contributed by atoms with Gasteiger partial charge in [-0.15, -0.1) is 0 Å². The van der Waals surface area contributed by atoms with Crippen molar-refractivity contribution in [3.8, 4) is 5.75 Å². The number of benzene rings is 2. The lowest BCUT2D eigenvalue weighted by Crippen LogP contribution is -2.28. The normalized spacial score (nSPS) is 19.4. The second kappa shape index (κ2) is 6.03. The molecule has 6 nitrogen and oxygen atoms in total. The quantitative estimate of drug-likeness (QED) is 0.763. The van der Waals surface area contributed by atoms with Crippen molar-refractivity contribution in [1.29, 1.82) is 0 Å². The molecule has 7 heteroatoms. The van der Waals surface area contributed by atoms with Gasteiger partial charge in [0, 0.05) is 12.6 Å². The Kier molecular flexibility index (Phi) is 3.81. The number of carbonyl (C=O) groups is 3. The highest BCUT2D eigenvalue weighted by molar-refractivity contribution is 8.19. The van der Waals surface area contributed by atoms with Crippen molar-refractivity contribution in [2.45, 2.75) is 0 Å². The van der Waals surface area contributed by atoms with Crippen LogP contribution in [0.4, 0.5) is 16.2 Å². The summed E-state index contributed by atoms with van der Waals surface area (Å²) < 4.78 is 5.10. The standard InChI is InChI=1S/C19H14N2O4S/c1-20-14-6-4-3-5-13(14)15(17(20)22)16-18(23)21(19(24)26-16)11-7-9-12(25-2)10-8-11/h3-10H,1-2H3/b16-15-. The lowest BCUT2D eigenvalue weighted by Gasteiger charge is -2.13. The molecule has 4 rings (SSSR count). The molecule has 0 atom stereocenters. The number of carbonyl (C=O) groups excluding carboxylic acids is 3. The molecular formula is C19H14N2O4S. The number of imide groups is 1. The van der Waals surface area contributed by atoms with E-state index in [-0.39, 0.29) is 16.4 Å². The summed E-state index contributed by atoms with van der Waals surface area (Å²) in [4.78, 5) is 40.8. The summed E-state index contributed by atoms with van der Waals surface area (Å²) in [5.74, 6) is -0.148. The number of methoxy groups -OCH3 is 1. The summed E-state index contributed by atoms with van der Waals surface area (Å²) >= 11 is 0.792. The summed E-state index contributed by atoms with van der Waals surface area (Å²) in [5.41, 5.74) is 2.11. The van der Waals surface area contributed by atoms with Crippen molar-refractivity contribution in [3.63, 3.8) is 0 Å². The lowest BCUT2D eigenvalue weighted by atomic mass is 10.1. The van der Waals surface area contributed by atoms with Crippen LogP contribution in [-0.4, -0.2) is 31.2 Å². The number of ether oxygens (including phenoxy) is 1. The topological polar surface area (TPSA) is 66.9 Å². The second-order valence-corrected chi connectivity index (χ2v) is 6.75. The molecule has 3 amide bonds. The van der Waals surface area contributed by atoms with Crippen LogP contribution in [0.1, 0.15) is 5.56 Å². The van der Waals surface area contributed by atoms with Gasteiger partial charge >= 0.3 is 0 Å². The zero-order chi connectivity index (χ0) is 18.4. The van der Waals surface area contributed by atoms with Gasteiger partial charge in [-0.3, -0.25) is 14.4 Å².